The first-order chi connectivity index (χ1) is 14.6. The van der Waals surface area contributed by atoms with Gasteiger partial charge >= 0.3 is 0 Å². The van der Waals surface area contributed by atoms with Gasteiger partial charge in [0.2, 0.25) is 11.8 Å². The number of amides is 2. The fourth-order valence-electron chi connectivity index (χ4n) is 5.86. The minimum absolute atomic E-state index is 0.126. The summed E-state index contributed by atoms with van der Waals surface area (Å²) in [4.78, 5) is 31.9. The summed E-state index contributed by atoms with van der Waals surface area (Å²) >= 11 is 0. The summed E-state index contributed by atoms with van der Waals surface area (Å²) in [5, 5.41) is 0. The van der Waals surface area contributed by atoms with E-state index >= 15 is 0 Å². The Hall–Kier alpha value is -2.63. The second-order valence-electron chi connectivity index (χ2n) is 8.98. The summed E-state index contributed by atoms with van der Waals surface area (Å²) in [5.74, 6) is 0.903. The third-order valence-electron chi connectivity index (χ3n) is 7.31. The molecule has 2 aromatic rings. The van der Waals surface area contributed by atoms with Gasteiger partial charge in [0.05, 0.1) is 17.7 Å². The molecule has 1 aromatic carbocycles. The summed E-state index contributed by atoms with van der Waals surface area (Å²) < 4.78 is 2.26. The van der Waals surface area contributed by atoms with E-state index in [9.17, 15) is 9.59 Å². The number of nitrogens with two attached hydrogens (primary N) is 1. The maximum atomic E-state index is 12.7. The zero-order valence-corrected chi connectivity index (χ0v) is 17.6. The van der Waals surface area contributed by atoms with Crippen molar-refractivity contribution in [3.63, 3.8) is 0 Å². The normalized spacial score (nSPS) is 25.2. The van der Waals surface area contributed by atoms with Crippen molar-refractivity contribution in [1.82, 2.24) is 14.5 Å². The Morgan fingerprint density at radius 1 is 1.17 bits per heavy atom. The zero-order valence-electron chi connectivity index (χ0n) is 17.6. The van der Waals surface area contributed by atoms with E-state index in [-0.39, 0.29) is 29.7 Å². The number of aryl methyl sites for hydroxylation is 3. The Bertz CT molecular complexity index is 974. The molecule has 2 amide bonds. The van der Waals surface area contributed by atoms with Gasteiger partial charge in [-0.1, -0.05) is 19.1 Å². The number of carbonyl (C=O) groups is 2. The highest BCUT2D eigenvalue weighted by atomic mass is 16.2. The fraction of sp³-hybridized carbons (Fsp3) is 0.542. The smallest absolute Gasteiger partial charge is 0.222 e. The lowest BCUT2D eigenvalue weighted by Crippen LogP contribution is -2.54. The highest BCUT2D eigenvalue weighted by Crippen LogP contribution is 2.44. The standard InChI is InChI=1S/C24H30N4O2/c1-2-22(29)28-12-3-5-18(24(25)30)23(28)17-10-9-15-7-8-16(13-19(15)17)20-14-27-11-4-6-21(27)26-20/h7-8,13-14,17-18,23H,2-6,9-12H2,1H3,(H2,25,30)/t17-,18?,23?/m1/s1. The van der Waals surface area contributed by atoms with Crippen LogP contribution in [0.3, 0.4) is 0 Å². The molecule has 5 rings (SSSR count). The van der Waals surface area contributed by atoms with Crippen molar-refractivity contribution in [1.29, 1.82) is 0 Å². The van der Waals surface area contributed by atoms with E-state index in [4.69, 9.17) is 10.7 Å². The number of imidazole rings is 1. The second-order valence-corrected chi connectivity index (χ2v) is 8.98. The van der Waals surface area contributed by atoms with Crippen LogP contribution in [0.15, 0.2) is 24.4 Å². The van der Waals surface area contributed by atoms with E-state index < -0.39 is 0 Å². The van der Waals surface area contributed by atoms with Crippen molar-refractivity contribution in [2.75, 3.05) is 6.54 Å². The molecule has 3 heterocycles. The first-order valence-electron chi connectivity index (χ1n) is 11.3. The Labute approximate surface area is 177 Å². The molecule has 6 heteroatoms. The number of primary amides is 1. The first kappa shape index (κ1) is 19.3. The predicted molar refractivity (Wildman–Crippen MR) is 115 cm³/mol. The van der Waals surface area contributed by atoms with E-state index in [1.54, 1.807) is 0 Å². The van der Waals surface area contributed by atoms with Crippen LogP contribution in [-0.4, -0.2) is 38.9 Å². The third-order valence-corrected chi connectivity index (χ3v) is 7.31. The molecule has 1 saturated heterocycles. The van der Waals surface area contributed by atoms with Crippen LogP contribution in [0.25, 0.3) is 11.3 Å². The van der Waals surface area contributed by atoms with Crippen LogP contribution >= 0.6 is 0 Å². The largest absolute Gasteiger partial charge is 0.369 e. The van der Waals surface area contributed by atoms with Gasteiger partial charge in [0.25, 0.3) is 0 Å². The van der Waals surface area contributed by atoms with Crippen LogP contribution in [0.5, 0.6) is 0 Å². The Morgan fingerprint density at radius 3 is 2.80 bits per heavy atom. The van der Waals surface area contributed by atoms with Gasteiger partial charge in [0.15, 0.2) is 0 Å². The maximum Gasteiger partial charge on any atom is 0.222 e. The monoisotopic (exact) mass is 406 g/mol. The van der Waals surface area contributed by atoms with Gasteiger partial charge in [-0.25, -0.2) is 4.98 Å². The van der Waals surface area contributed by atoms with Crippen molar-refractivity contribution in [3.8, 4) is 11.3 Å². The number of aromatic nitrogens is 2. The number of carbonyl (C=O) groups excluding carboxylic acids is 2. The minimum atomic E-state index is -0.274. The minimum Gasteiger partial charge on any atom is -0.369 e. The number of likely N-dealkylation sites (tertiary alicyclic amines) is 1. The number of hydrogen-bond donors (Lipinski definition) is 1. The summed E-state index contributed by atoms with van der Waals surface area (Å²) in [7, 11) is 0. The van der Waals surface area contributed by atoms with Crippen molar-refractivity contribution < 1.29 is 9.59 Å². The molecule has 1 fully saturated rings. The van der Waals surface area contributed by atoms with Crippen LogP contribution in [0.1, 0.15) is 61.9 Å². The van der Waals surface area contributed by atoms with Crippen LogP contribution in [0, 0.1) is 5.92 Å². The summed E-state index contributed by atoms with van der Waals surface area (Å²) in [6, 6.07) is 6.50. The number of benzene rings is 1. The van der Waals surface area contributed by atoms with Crippen molar-refractivity contribution in [2.45, 2.75) is 70.4 Å². The molecule has 158 valence electrons. The Kier molecular flexibility index (Phi) is 4.88. The van der Waals surface area contributed by atoms with E-state index in [2.05, 4.69) is 29.0 Å². The first-order valence-corrected chi connectivity index (χ1v) is 11.3. The number of piperidine rings is 1. The molecule has 1 aliphatic carbocycles. The number of nitrogens with zero attached hydrogens (tertiary/aromatic N) is 3. The fourth-order valence-corrected chi connectivity index (χ4v) is 5.86. The average Bonchev–Trinajstić information content (AvgIpc) is 3.46. The number of rotatable bonds is 4. The van der Waals surface area contributed by atoms with Gasteiger partial charge in [0.1, 0.15) is 5.82 Å². The molecule has 3 aliphatic rings. The third kappa shape index (κ3) is 3.13. The molecular formula is C24H30N4O2. The lowest BCUT2D eigenvalue weighted by Gasteiger charge is -2.43. The van der Waals surface area contributed by atoms with Gasteiger partial charge in [-0.15, -0.1) is 0 Å². The van der Waals surface area contributed by atoms with Gasteiger partial charge in [0, 0.05) is 43.6 Å². The highest BCUT2D eigenvalue weighted by Gasteiger charge is 2.44. The molecular weight excluding hydrogens is 376 g/mol. The van der Waals surface area contributed by atoms with Gasteiger partial charge in [-0.3, -0.25) is 9.59 Å². The molecule has 2 unspecified atom stereocenters. The summed E-state index contributed by atoms with van der Waals surface area (Å²) in [6.07, 6.45) is 8.39. The van der Waals surface area contributed by atoms with E-state index in [1.807, 2.05) is 11.8 Å². The molecule has 2 aliphatic heterocycles. The molecule has 2 N–H and O–H groups in total. The van der Waals surface area contributed by atoms with Crippen molar-refractivity contribution in [3.05, 3.63) is 41.3 Å². The topological polar surface area (TPSA) is 81.2 Å². The summed E-state index contributed by atoms with van der Waals surface area (Å²) in [6.45, 7) is 3.67. The molecule has 0 spiro atoms. The van der Waals surface area contributed by atoms with E-state index in [0.717, 1.165) is 56.5 Å². The maximum absolute atomic E-state index is 12.7. The predicted octanol–water partition coefficient (Wildman–Crippen LogP) is 3.03. The van der Waals surface area contributed by atoms with Crippen LogP contribution in [0.2, 0.25) is 0 Å². The van der Waals surface area contributed by atoms with Crippen LogP contribution < -0.4 is 5.73 Å². The lowest BCUT2D eigenvalue weighted by molar-refractivity contribution is -0.140. The Morgan fingerprint density at radius 2 is 2.03 bits per heavy atom. The van der Waals surface area contributed by atoms with Crippen LogP contribution in [0.4, 0.5) is 0 Å². The molecule has 3 atom stereocenters. The number of hydrogen-bond acceptors (Lipinski definition) is 3. The van der Waals surface area contributed by atoms with Crippen molar-refractivity contribution in [2.24, 2.45) is 11.7 Å². The van der Waals surface area contributed by atoms with Gasteiger partial charge in [-0.2, -0.15) is 0 Å². The van der Waals surface area contributed by atoms with E-state index in [1.165, 1.54) is 23.4 Å². The van der Waals surface area contributed by atoms with Crippen molar-refractivity contribution >= 4 is 11.8 Å². The average molecular weight is 407 g/mol. The molecule has 0 saturated carbocycles. The zero-order chi connectivity index (χ0) is 20.8. The lowest BCUT2D eigenvalue weighted by atomic mass is 9.78. The summed E-state index contributed by atoms with van der Waals surface area (Å²) in [5.41, 5.74) is 10.6. The number of fused-ring (bicyclic) bond motifs is 2. The van der Waals surface area contributed by atoms with Gasteiger partial charge in [-0.05, 0) is 49.3 Å². The second kappa shape index (κ2) is 7.56. The van der Waals surface area contributed by atoms with E-state index in [0.29, 0.717) is 6.42 Å². The quantitative estimate of drug-likeness (QED) is 0.847. The van der Waals surface area contributed by atoms with Gasteiger partial charge < -0.3 is 15.2 Å². The highest BCUT2D eigenvalue weighted by molar-refractivity contribution is 5.81. The molecule has 30 heavy (non-hydrogen) atoms. The van der Waals surface area contributed by atoms with Crippen LogP contribution in [-0.2, 0) is 29.0 Å². The molecule has 0 bridgehead atoms. The Balaban J connectivity index is 1.52. The molecule has 1 aromatic heterocycles. The molecule has 6 nitrogen and oxygen atoms in total. The SMILES string of the molecule is CCC(=O)N1CCCC(C(N)=O)C1[C@@H]1CCc2ccc(-c3cn4c(n3)CCC4)cc21. The molecule has 0 radical (unpaired) electrons.